The van der Waals surface area contributed by atoms with E-state index in [0.717, 1.165) is 36.3 Å². The number of ether oxygens (including phenoxy) is 2. The number of carbonyl (C=O) groups excluding carboxylic acids is 2. The first kappa shape index (κ1) is 24.7. The van der Waals surface area contributed by atoms with Crippen molar-refractivity contribution in [2.45, 2.75) is 38.4 Å². The highest BCUT2D eigenvalue weighted by Crippen LogP contribution is 2.28. The molecule has 0 aromatic heterocycles. The van der Waals surface area contributed by atoms with Crippen LogP contribution in [-0.2, 0) is 33.7 Å². The Kier molecular flexibility index (Phi) is 7.70. The van der Waals surface area contributed by atoms with Crippen molar-refractivity contribution in [3.8, 4) is 5.75 Å². The van der Waals surface area contributed by atoms with Crippen LogP contribution in [0.15, 0.2) is 60.7 Å². The van der Waals surface area contributed by atoms with E-state index in [1.165, 1.54) is 16.3 Å². The highest BCUT2D eigenvalue weighted by Gasteiger charge is 2.42. The fraction of sp³-hybridized carbons (Fsp3) is 0.333. The van der Waals surface area contributed by atoms with Crippen molar-refractivity contribution < 1.29 is 32.2 Å². The molecule has 3 aromatic rings. The van der Waals surface area contributed by atoms with Crippen LogP contribution in [0.5, 0.6) is 5.75 Å². The first-order valence-corrected chi connectivity index (χ1v) is 11.5. The van der Waals surface area contributed by atoms with E-state index < -0.39 is 18.1 Å². The Balaban J connectivity index is 1.25. The Morgan fingerprint density at radius 3 is 2.57 bits per heavy atom. The molecule has 0 N–H and O–H groups in total. The Morgan fingerprint density at radius 2 is 1.77 bits per heavy atom. The van der Waals surface area contributed by atoms with E-state index >= 15 is 0 Å². The Labute approximate surface area is 201 Å². The SMILES string of the molecule is O=C(CCCN1CCc2c(cccc2OCCc2ccc3ccccc3c2)C1)OC(=O)C(F)(F)F. The van der Waals surface area contributed by atoms with E-state index in [2.05, 4.69) is 40.0 Å². The average molecular weight is 486 g/mol. The quantitative estimate of drug-likeness (QED) is 0.323. The van der Waals surface area contributed by atoms with Crippen LogP contribution in [-0.4, -0.2) is 42.7 Å². The highest BCUT2D eigenvalue weighted by atomic mass is 19.4. The third-order valence-corrected chi connectivity index (χ3v) is 6.06. The summed E-state index contributed by atoms with van der Waals surface area (Å²) in [7, 11) is 0. The molecule has 1 aliphatic heterocycles. The predicted molar refractivity (Wildman–Crippen MR) is 125 cm³/mol. The lowest BCUT2D eigenvalue weighted by Crippen LogP contribution is -2.32. The molecule has 0 aliphatic carbocycles. The molecule has 4 rings (SSSR count). The van der Waals surface area contributed by atoms with Crippen LogP contribution in [0, 0.1) is 0 Å². The number of benzene rings is 3. The first-order valence-electron chi connectivity index (χ1n) is 11.5. The largest absolute Gasteiger partial charge is 0.493 e. The summed E-state index contributed by atoms with van der Waals surface area (Å²) in [6, 6.07) is 20.6. The van der Waals surface area contributed by atoms with E-state index in [4.69, 9.17) is 4.74 Å². The lowest BCUT2D eigenvalue weighted by molar-refractivity contribution is -0.201. The maximum absolute atomic E-state index is 12.2. The van der Waals surface area contributed by atoms with Gasteiger partial charge in [-0.15, -0.1) is 0 Å². The minimum absolute atomic E-state index is 0.247. The summed E-state index contributed by atoms with van der Waals surface area (Å²) in [5.74, 6) is -2.76. The fourth-order valence-corrected chi connectivity index (χ4v) is 4.29. The van der Waals surface area contributed by atoms with Crippen molar-refractivity contribution in [1.82, 2.24) is 4.90 Å². The standard InChI is InChI=1S/C27H26F3NO4/c28-27(29,30)26(33)35-25(32)9-4-14-31-15-12-23-22(18-31)7-3-8-24(23)34-16-13-19-10-11-20-5-1-2-6-21(20)17-19/h1-3,5-8,10-11,17H,4,9,12-16,18H2. The molecule has 0 radical (unpaired) electrons. The summed E-state index contributed by atoms with van der Waals surface area (Å²) in [5.41, 5.74) is 3.52. The molecule has 0 bridgehead atoms. The van der Waals surface area contributed by atoms with Crippen LogP contribution < -0.4 is 4.74 Å². The molecule has 0 spiro atoms. The van der Waals surface area contributed by atoms with Gasteiger partial charge in [0, 0.05) is 25.9 Å². The second kappa shape index (κ2) is 10.9. The number of alkyl halides is 3. The van der Waals surface area contributed by atoms with Gasteiger partial charge in [-0.1, -0.05) is 54.6 Å². The van der Waals surface area contributed by atoms with Crippen LogP contribution in [0.25, 0.3) is 10.8 Å². The highest BCUT2D eigenvalue weighted by molar-refractivity contribution is 5.88. The van der Waals surface area contributed by atoms with E-state index in [1.807, 2.05) is 30.3 Å². The molecule has 1 heterocycles. The number of carbonyl (C=O) groups is 2. The molecule has 0 saturated carbocycles. The Morgan fingerprint density at radius 1 is 0.971 bits per heavy atom. The lowest BCUT2D eigenvalue weighted by Gasteiger charge is -2.29. The molecule has 35 heavy (non-hydrogen) atoms. The maximum atomic E-state index is 12.2. The predicted octanol–water partition coefficient (Wildman–Crippen LogP) is 5.23. The maximum Gasteiger partial charge on any atom is 0.491 e. The van der Waals surface area contributed by atoms with E-state index in [9.17, 15) is 22.8 Å². The third kappa shape index (κ3) is 6.60. The van der Waals surface area contributed by atoms with E-state index in [0.29, 0.717) is 26.1 Å². The monoisotopic (exact) mass is 485 g/mol. The van der Waals surface area contributed by atoms with Crippen LogP contribution >= 0.6 is 0 Å². The molecule has 0 amide bonds. The van der Waals surface area contributed by atoms with Gasteiger partial charge in [0.1, 0.15) is 5.75 Å². The zero-order valence-electron chi connectivity index (χ0n) is 19.1. The topological polar surface area (TPSA) is 55.8 Å². The van der Waals surface area contributed by atoms with Gasteiger partial charge in [0.15, 0.2) is 0 Å². The summed E-state index contributed by atoms with van der Waals surface area (Å²) in [4.78, 5) is 24.3. The molecule has 8 heteroatoms. The second-order valence-corrected chi connectivity index (χ2v) is 8.56. The molecule has 1 aliphatic rings. The Bertz CT molecular complexity index is 1210. The minimum Gasteiger partial charge on any atom is -0.493 e. The van der Waals surface area contributed by atoms with E-state index in [1.54, 1.807) is 0 Å². The molecule has 5 nitrogen and oxygen atoms in total. The number of rotatable bonds is 8. The van der Waals surface area contributed by atoms with Crippen LogP contribution in [0.1, 0.15) is 29.5 Å². The summed E-state index contributed by atoms with van der Waals surface area (Å²) < 4.78 is 46.5. The molecular formula is C27H26F3NO4. The van der Waals surface area contributed by atoms with Crippen molar-refractivity contribution in [3.63, 3.8) is 0 Å². The van der Waals surface area contributed by atoms with Gasteiger partial charge in [-0.2, -0.15) is 13.2 Å². The van der Waals surface area contributed by atoms with Crippen LogP contribution in [0.2, 0.25) is 0 Å². The van der Waals surface area contributed by atoms with Crippen molar-refractivity contribution in [2.75, 3.05) is 19.7 Å². The lowest BCUT2D eigenvalue weighted by atomic mass is 9.98. The summed E-state index contributed by atoms with van der Waals surface area (Å²) in [6.45, 7) is 2.49. The van der Waals surface area contributed by atoms with Crippen molar-refractivity contribution in [3.05, 3.63) is 77.4 Å². The molecule has 0 fully saturated rings. The van der Waals surface area contributed by atoms with Gasteiger partial charge in [-0.05, 0) is 52.9 Å². The molecular weight excluding hydrogens is 459 g/mol. The van der Waals surface area contributed by atoms with Crippen molar-refractivity contribution >= 4 is 22.7 Å². The zero-order chi connectivity index (χ0) is 24.8. The smallest absolute Gasteiger partial charge is 0.491 e. The van der Waals surface area contributed by atoms with Crippen LogP contribution in [0.4, 0.5) is 13.2 Å². The third-order valence-electron chi connectivity index (χ3n) is 6.06. The van der Waals surface area contributed by atoms with Crippen molar-refractivity contribution in [2.24, 2.45) is 0 Å². The van der Waals surface area contributed by atoms with Gasteiger partial charge in [-0.3, -0.25) is 9.69 Å². The number of halogens is 3. The molecule has 3 aromatic carbocycles. The fourth-order valence-electron chi connectivity index (χ4n) is 4.29. The van der Waals surface area contributed by atoms with Crippen molar-refractivity contribution in [1.29, 1.82) is 0 Å². The normalized spacial score (nSPS) is 13.9. The summed E-state index contributed by atoms with van der Waals surface area (Å²) >= 11 is 0. The van der Waals surface area contributed by atoms with Gasteiger partial charge < -0.3 is 9.47 Å². The summed E-state index contributed by atoms with van der Waals surface area (Å²) in [6.07, 6.45) is -3.53. The van der Waals surface area contributed by atoms with E-state index in [-0.39, 0.29) is 6.42 Å². The summed E-state index contributed by atoms with van der Waals surface area (Å²) in [5, 5.41) is 2.42. The Hall–Kier alpha value is -3.39. The number of hydrogen-bond acceptors (Lipinski definition) is 5. The second-order valence-electron chi connectivity index (χ2n) is 8.56. The molecule has 0 atom stereocenters. The van der Waals surface area contributed by atoms with Gasteiger partial charge in [0.2, 0.25) is 0 Å². The van der Waals surface area contributed by atoms with Gasteiger partial charge in [-0.25, -0.2) is 4.79 Å². The van der Waals surface area contributed by atoms with Gasteiger partial charge >= 0.3 is 18.1 Å². The number of nitrogens with zero attached hydrogens (tertiary/aromatic N) is 1. The molecule has 0 unspecified atom stereocenters. The van der Waals surface area contributed by atoms with Gasteiger partial charge in [0.25, 0.3) is 0 Å². The minimum atomic E-state index is -5.17. The first-order chi connectivity index (χ1) is 16.8. The molecule has 184 valence electrons. The zero-order valence-corrected chi connectivity index (χ0v) is 19.1. The number of hydrogen-bond donors (Lipinski definition) is 0. The van der Waals surface area contributed by atoms with Gasteiger partial charge in [0.05, 0.1) is 6.61 Å². The molecule has 0 saturated heterocycles. The number of esters is 2. The number of fused-ring (bicyclic) bond motifs is 2. The average Bonchev–Trinajstić information content (AvgIpc) is 2.83. The van der Waals surface area contributed by atoms with Crippen LogP contribution in [0.3, 0.4) is 0 Å².